The minimum absolute atomic E-state index is 0.0946. The van der Waals surface area contributed by atoms with Crippen molar-refractivity contribution in [2.45, 2.75) is 32.2 Å². The van der Waals surface area contributed by atoms with E-state index < -0.39 is 0 Å². The summed E-state index contributed by atoms with van der Waals surface area (Å²) in [5.74, 6) is 0.962. The number of esters is 1. The molecule has 0 spiro atoms. The van der Waals surface area contributed by atoms with Gasteiger partial charge in [0.15, 0.2) is 0 Å². The van der Waals surface area contributed by atoms with Crippen LogP contribution in [0.1, 0.15) is 42.5 Å². The van der Waals surface area contributed by atoms with Crippen molar-refractivity contribution in [3.8, 4) is 11.5 Å². The van der Waals surface area contributed by atoms with Crippen LogP contribution in [-0.4, -0.2) is 35.6 Å². The first kappa shape index (κ1) is 26.7. The lowest BCUT2D eigenvalue weighted by atomic mass is 9.88. The van der Waals surface area contributed by atoms with E-state index in [0.717, 1.165) is 16.8 Å². The Morgan fingerprint density at radius 1 is 0.816 bits per heavy atom. The Kier molecular flexibility index (Phi) is 9.68. The molecular weight excluding hydrogens is 480 g/mol. The van der Waals surface area contributed by atoms with E-state index in [0.29, 0.717) is 44.1 Å². The lowest BCUT2D eigenvalue weighted by Crippen LogP contribution is -2.26. The number of benzene rings is 3. The summed E-state index contributed by atoms with van der Waals surface area (Å²) in [5.41, 5.74) is 2.81. The number of ether oxygens (including phenoxy) is 3. The Balaban J connectivity index is 1.39. The number of hydrogen-bond donors (Lipinski definition) is 0. The van der Waals surface area contributed by atoms with Crippen molar-refractivity contribution in [1.29, 1.82) is 0 Å². The summed E-state index contributed by atoms with van der Waals surface area (Å²) in [6, 6.07) is 30.9. The van der Waals surface area contributed by atoms with Crippen molar-refractivity contribution in [2.75, 3.05) is 19.8 Å². The van der Waals surface area contributed by atoms with E-state index in [2.05, 4.69) is 24.3 Å². The van der Waals surface area contributed by atoms with Gasteiger partial charge in [-0.15, -0.1) is 0 Å². The zero-order valence-corrected chi connectivity index (χ0v) is 21.5. The van der Waals surface area contributed by atoms with E-state index in [9.17, 15) is 9.59 Å². The van der Waals surface area contributed by atoms with Gasteiger partial charge in [0.25, 0.3) is 5.56 Å². The van der Waals surface area contributed by atoms with E-state index in [-0.39, 0.29) is 24.1 Å². The van der Waals surface area contributed by atoms with Crippen LogP contribution in [0.2, 0.25) is 0 Å². The molecule has 3 aromatic carbocycles. The topological polar surface area (TPSA) is 79.7 Å². The highest BCUT2D eigenvalue weighted by atomic mass is 16.5. The minimum Gasteiger partial charge on any atom is -0.493 e. The molecule has 38 heavy (non-hydrogen) atoms. The molecule has 4 rings (SSSR count). The second-order valence-corrected chi connectivity index (χ2v) is 8.65. The Hall–Kier alpha value is -4.39. The Morgan fingerprint density at radius 2 is 1.45 bits per heavy atom. The van der Waals surface area contributed by atoms with E-state index in [1.54, 1.807) is 25.1 Å². The number of nitrogens with zero attached hydrogens (tertiary/aromatic N) is 2. The monoisotopic (exact) mass is 512 g/mol. The van der Waals surface area contributed by atoms with Gasteiger partial charge in [-0.2, -0.15) is 5.10 Å². The fourth-order valence-corrected chi connectivity index (χ4v) is 4.15. The third-order valence-electron chi connectivity index (χ3n) is 5.93. The standard InChI is InChI=1S/C31H32N2O5/c1-2-36-30(35)17-10-21-37-26-15-9-16-27(23-26)38-22-20-33-29(34)19-18-28(32-33)31(24-11-5-3-6-12-24)25-13-7-4-8-14-25/h3-9,11-16,18-19,23,31H,2,10,17,20-22H2,1H3. The zero-order chi connectivity index (χ0) is 26.6. The number of carbonyl (C=O) groups excluding carboxylic acids is 1. The van der Waals surface area contributed by atoms with Crippen LogP contribution in [0, 0.1) is 0 Å². The summed E-state index contributed by atoms with van der Waals surface area (Å²) in [6.07, 6.45) is 0.891. The fraction of sp³-hybridized carbons (Fsp3) is 0.258. The van der Waals surface area contributed by atoms with Gasteiger partial charge < -0.3 is 14.2 Å². The maximum atomic E-state index is 12.6. The van der Waals surface area contributed by atoms with Crippen molar-refractivity contribution >= 4 is 5.97 Å². The van der Waals surface area contributed by atoms with E-state index in [4.69, 9.17) is 19.3 Å². The summed E-state index contributed by atoms with van der Waals surface area (Å²) in [7, 11) is 0. The first-order valence-electron chi connectivity index (χ1n) is 12.8. The molecule has 0 aliphatic rings. The van der Waals surface area contributed by atoms with E-state index in [1.165, 1.54) is 4.68 Å². The smallest absolute Gasteiger partial charge is 0.305 e. The lowest BCUT2D eigenvalue weighted by molar-refractivity contribution is -0.143. The molecule has 1 heterocycles. The number of hydrogen-bond acceptors (Lipinski definition) is 6. The summed E-state index contributed by atoms with van der Waals surface area (Å²) >= 11 is 0. The summed E-state index contributed by atoms with van der Waals surface area (Å²) in [5, 5.41) is 4.71. The molecule has 0 atom stereocenters. The largest absolute Gasteiger partial charge is 0.493 e. The van der Waals surface area contributed by atoms with Crippen LogP contribution in [-0.2, 0) is 16.1 Å². The van der Waals surface area contributed by atoms with Crippen molar-refractivity contribution < 1.29 is 19.0 Å². The third-order valence-corrected chi connectivity index (χ3v) is 5.93. The van der Waals surface area contributed by atoms with Crippen molar-refractivity contribution in [1.82, 2.24) is 9.78 Å². The van der Waals surface area contributed by atoms with E-state index in [1.807, 2.05) is 54.6 Å². The molecule has 0 bridgehead atoms. The van der Waals surface area contributed by atoms with Crippen LogP contribution in [0.25, 0.3) is 0 Å². The van der Waals surface area contributed by atoms with Gasteiger partial charge in [-0.05, 0) is 42.7 Å². The first-order valence-corrected chi connectivity index (χ1v) is 12.8. The fourth-order valence-electron chi connectivity index (χ4n) is 4.15. The predicted molar refractivity (Wildman–Crippen MR) is 146 cm³/mol. The molecule has 196 valence electrons. The zero-order valence-electron chi connectivity index (χ0n) is 21.5. The van der Waals surface area contributed by atoms with Crippen LogP contribution < -0.4 is 15.0 Å². The normalized spacial score (nSPS) is 10.8. The number of aromatic nitrogens is 2. The minimum atomic E-state index is -0.222. The maximum absolute atomic E-state index is 12.6. The molecule has 0 radical (unpaired) electrons. The Labute approximate surface area is 222 Å². The molecule has 0 saturated carbocycles. The van der Waals surface area contributed by atoms with Gasteiger partial charge in [0.1, 0.15) is 18.1 Å². The SMILES string of the molecule is CCOC(=O)CCCOc1cccc(OCCn2nc(C(c3ccccc3)c3ccccc3)ccc2=O)c1. The van der Waals surface area contributed by atoms with Crippen molar-refractivity contribution in [2.24, 2.45) is 0 Å². The highest BCUT2D eigenvalue weighted by Crippen LogP contribution is 2.30. The van der Waals surface area contributed by atoms with Gasteiger partial charge in [-0.25, -0.2) is 4.68 Å². The average Bonchev–Trinajstić information content (AvgIpc) is 2.94. The molecule has 0 aliphatic heterocycles. The Morgan fingerprint density at radius 3 is 2.08 bits per heavy atom. The second kappa shape index (κ2) is 13.8. The summed E-state index contributed by atoms with van der Waals surface area (Å²) < 4.78 is 18.0. The average molecular weight is 513 g/mol. The van der Waals surface area contributed by atoms with Crippen LogP contribution in [0.15, 0.2) is 102 Å². The van der Waals surface area contributed by atoms with Gasteiger partial charge in [-0.3, -0.25) is 9.59 Å². The molecule has 4 aromatic rings. The molecule has 0 N–H and O–H groups in total. The number of carbonyl (C=O) groups is 1. The van der Waals surface area contributed by atoms with Gasteiger partial charge in [0.2, 0.25) is 0 Å². The van der Waals surface area contributed by atoms with Crippen LogP contribution in [0.3, 0.4) is 0 Å². The van der Waals surface area contributed by atoms with Gasteiger partial charge >= 0.3 is 5.97 Å². The lowest BCUT2D eigenvalue weighted by Gasteiger charge is -2.18. The molecule has 0 unspecified atom stereocenters. The summed E-state index contributed by atoms with van der Waals surface area (Å²) in [6.45, 7) is 3.14. The molecule has 7 heteroatoms. The molecule has 0 amide bonds. The van der Waals surface area contributed by atoms with E-state index >= 15 is 0 Å². The second-order valence-electron chi connectivity index (χ2n) is 8.65. The molecule has 1 aromatic heterocycles. The van der Waals surface area contributed by atoms with Gasteiger partial charge in [-0.1, -0.05) is 66.7 Å². The van der Waals surface area contributed by atoms with Crippen LogP contribution >= 0.6 is 0 Å². The first-order chi connectivity index (χ1) is 18.6. The molecule has 0 aliphatic carbocycles. The van der Waals surface area contributed by atoms with Crippen molar-refractivity contribution in [3.05, 3.63) is 124 Å². The van der Waals surface area contributed by atoms with Crippen molar-refractivity contribution in [3.63, 3.8) is 0 Å². The third kappa shape index (κ3) is 7.56. The van der Waals surface area contributed by atoms with Gasteiger partial charge in [0, 0.05) is 18.6 Å². The number of rotatable bonds is 13. The molecular formula is C31H32N2O5. The Bertz CT molecular complexity index is 1320. The maximum Gasteiger partial charge on any atom is 0.305 e. The predicted octanol–water partition coefficient (Wildman–Crippen LogP) is 5.22. The van der Waals surface area contributed by atoms with Gasteiger partial charge in [0.05, 0.1) is 31.4 Å². The molecule has 7 nitrogen and oxygen atoms in total. The highest BCUT2D eigenvalue weighted by molar-refractivity contribution is 5.69. The quantitative estimate of drug-likeness (QED) is 0.180. The van der Waals surface area contributed by atoms with Crippen LogP contribution in [0.5, 0.6) is 11.5 Å². The van der Waals surface area contributed by atoms with Crippen LogP contribution in [0.4, 0.5) is 0 Å². The molecule has 0 saturated heterocycles. The highest BCUT2D eigenvalue weighted by Gasteiger charge is 2.19. The molecule has 0 fully saturated rings. The summed E-state index contributed by atoms with van der Waals surface area (Å²) in [4.78, 5) is 24.0.